The van der Waals surface area contributed by atoms with E-state index < -0.39 is 11.7 Å². The summed E-state index contributed by atoms with van der Waals surface area (Å²) in [6.07, 6.45) is 2.90. The number of carbonyl (C=O) groups excluding carboxylic acids is 1. The highest BCUT2D eigenvalue weighted by atomic mass is 19.1. The lowest BCUT2D eigenvalue weighted by Crippen LogP contribution is -2.17. The molecule has 0 fully saturated rings. The Morgan fingerprint density at radius 3 is 2.82 bits per heavy atom. The highest BCUT2D eigenvalue weighted by Gasteiger charge is 2.20. The molecule has 8 heteroatoms. The fraction of sp³-hybridized carbons (Fsp3) is 0.100. The molecule has 0 saturated carbocycles. The van der Waals surface area contributed by atoms with Crippen molar-refractivity contribution < 1.29 is 13.6 Å². The van der Waals surface area contributed by atoms with Gasteiger partial charge in [-0.15, -0.1) is 0 Å². The van der Waals surface area contributed by atoms with Crippen molar-refractivity contribution in [1.82, 2.24) is 4.98 Å². The SMILES string of the molecule is CCc1c(C#N)ccc(F)c1C(=O)Nc1ccc(N)c(C(=N)c2cnco2)c1. The van der Waals surface area contributed by atoms with E-state index in [1.807, 2.05) is 6.07 Å². The van der Waals surface area contributed by atoms with Crippen molar-refractivity contribution in [3.05, 3.63) is 76.8 Å². The van der Waals surface area contributed by atoms with Gasteiger partial charge in [0.25, 0.3) is 5.91 Å². The number of anilines is 2. The molecule has 0 aliphatic carbocycles. The molecule has 1 aromatic heterocycles. The van der Waals surface area contributed by atoms with Crippen LogP contribution in [0.25, 0.3) is 0 Å². The molecule has 0 radical (unpaired) electrons. The molecule has 1 heterocycles. The summed E-state index contributed by atoms with van der Waals surface area (Å²) in [7, 11) is 0. The molecule has 28 heavy (non-hydrogen) atoms. The number of nitrogens with zero attached hydrogens (tertiary/aromatic N) is 2. The molecule has 4 N–H and O–H groups in total. The molecule has 0 atom stereocenters. The Morgan fingerprint density at radius 2 is 2.18 bits per heavy atom. The molecular weight excluding hydrogens is 361 g/mol. The lowest BCUT2D eigenvalue weighted by atomic mass is 9.98. The van der Waals surface area contributed by atoms with Crippen molar-refractivity contribution in [3.63, 3.8) is 0 Å². The first-order valence-electron chi connectivity index (χ1n) is 8.36. The van der Waals surface area contributed by atoms with Crippen molar-refractivity contribution >= 4 is 23.0 Å². The lowest BCUT2D eigenvalue weighted by molar-refractivity contribution is 0.102. The lowest BCUT2D eigenvalue weighted by Gasteiger charge is -2.13. The van der Waals surface area contributed by atoms with E-state index in [-0.39, 0.29) is 22.6 Å². The van der Waals surface area contributed by atoms with Crippen LogP contribution in [0.3, 0.4) is 0 Å². The molecule has 2 aromatic carbocycles. The summed E-state index contributed by atoms with van der Waals surface area (Å²) in [6.45, 7) is 1.74. The summed E-state index contributed by atoms with van der Waals surface area (Å²) in [5, 5.41) is 20.0. The van der Waals surface area contributed by atoms with E-state index in [2.05, 4.69) is 10.3 Å². The normalized spacial score (nSPS) is 10.3. The number of carbonyl (C=O) groups is 1. The summed E-state index contributed by atoms with van der Waals surface area (Å²) in [6, 6.07) is 8.99. The number of hydrogen-bond donors (Lipinski definition) is 3. The van der Waals surface area contributed by atoms with Crippen LogP contribution in [0.15, 0.2) is 47.3 Å². The smallest absolute Gasteiger partial charge is 0.258 e. The van der Waals surface area contributed by atoms with Crippen molar-refractivity contribution in [2.24, 2.45) is 0 Å². The van der Waals surface area contributed by atoms with Gasteiger partial charge in [0.05, 0.1) is 23.4 Å². The van der Waals surface area contributed by atoms with Crippen LogP contribution in [0.1, 0.15) is 39.7 Å². The number of halogens is 1. The van der Waals surface area contributed by atoms with Crippen LogP contribution in [0.2, 0.25) is 0 Å². The number of aromatic nitrogens is 1. The number of oxazole rings is 1. The Hall–Kier alpha value is -3.99. The predicted molar refractivity (Wildman–Crippen MR) is 102 cm³/mol. The second kappa shape index (κ2) is 7.72. The quantitative estimate of drug-likeness (QED) is 0.463. The van der Waals surface area contributed by atoms with Crippen LogP contribution >= 0.6 is 0 Å². The number of rotatable bonds is 5. The van der Waals surface area contributed by atoms with Crippen molar-refractivity contribution in [2.75, 3.05) is 11.1 Å². The second-order valence-corrected chi connectivity index (χ2v) is 5.91. The van der Waals surface area contributed by atoms with Gasteiger partial charge in [0.1, 0.15) is 11.5 Å². The Kier molecular flexibility index (Phi) is 5.18. The maximum absolute atomic E-state index is 14.3. The summed E-state index contributed by atoms with van der Waals surface area (Å²) in [5.41, 5.74) is 7.31. The fourth-order valence-electron chi connectivity index (χ4n) is 2.85. The second-order valence-electron chi connectivity index (χ2n) is 5.91. The van der Waals surface area contributed by atoms with Crippen LogP contribution < -0.4 is 11.1 Å². The molecule has 0 aliphatic rings. The maximum atomic E-state index is 14.3. The van der Waals surface area contributed by atoms with Gasteiger partial charge in [0.15, 0.2) is 12.2 Å². The molecule has 0 unspecified atom stereocenters. The molecule has 3 rings (SSSR count). The highest BCUT2D eigenvalue weighted by molar-refractivity contribution is 6.13. The third kappa shape index (κ3) is 3.46. The van der Waals surface area contributed by atoms with Crippen LogP contribution in [0.4, 0.5) is 15.8 Å². The minimum atomic E-state index is -0.710. The van der Waals surface area contributed by atoms with Crippen LogP contribution in [0.5, 0.6) is 0 Å². The topological polar surface area (TPSA) is 129 Å². The van der Waals surface area contributed by atoms with Crippen LogP contribution in [-0.2, 0) is 6.42 Å². The van der Waals surface area contributed by atoms with E-state index in [0.29, 0.717) is 28.9 Å². The predicted octanol–water partition coefficient (Wildman–Crippen LogP) is 3.50. The third-order valence-corrected chi connectivity index (χ3v) is 4.22. The van der Waals surface area contributed by atoms with Crippen LogP contribution in [0, 0.1) is 22.6 Å². The van der Waals surface area contributed by atoms with E-state index in [1.165, 1.54) is 30.8 Å². The van der Waals surface area contributed by atoms with E-state index >= 15 is 0 Å². The third-order valence-electron chi connectivity index (χ3n) is 4.22. The van der Waals surface area contributed by atoms with Crippen LogP contribution in [-0.4, -0.2) is 16.6 Å². The van der Waals surface area contributed by atoms with Crippen molar-refractivity contribution in [3.8, 4) is 6.07 Å². The molecule has 0 bridgehead atoms. The van der Waals surface area contributed by atoms with Gasteiger partial charge < -0.3 is 15.5 Å². The first-order valence-corrected chi connectivity index (χ1v) is 8.36. The Labute approximate surface area is 160 Å². The standard InChI is InChI=1S/C20H16FN5O2/c1-2-13-11(8-22)3-5-15(21)18(13)20(27)26-12-4-6-16(23)14(7-12)19(24)17-9-25-10-28-17/h3-7,9-10,24H,2,23H2,1H3,(H,26,27). The fourth-order valence-corrected chi connectivity index (χ4v) is 2.85. The first-order chi connectivity index (χ1) is 13.5. The molecule has 0 spiro atoms. The minimum absolute atomic E-state index is 0.00185. The summed E-state index contributed by atoms with van der Waals surface area (Å²) < 4.78 is 19.4. The van der Waals surface area contributed by atoms with Gasteiger partial charge in [0.2, 0.25) is 0 Å². The molecule has 140 valence electrons. The number of hydrogen-bond acceptors (Lipinski definition) is 6. The molecular formula is C20H16FN5O2. The molecule has 7 nitrogen and oxygen atoms in total. The number of nitriles is 1. The van der Waals surface area contributed by atoms with E-state index in [4.69, 9.17) is 15.6 Å². The average Bonchev–Trinajstić information content (AvgIpc) is 3.23. The molecule has 1 amide bonds. The summed E-state index contributed by atoms with van der Waals surface area (Å²) >= 11 is 0. The number of nitrogens with one attached hydrogen (secondary N) is 2. The largest absolute Gasteiger partial charge is 0.442 e. The van der Waals surface area contributed by atoms with Gasteiger partial charge >= 0.3 is 0 Å². The Bertz CT molecular complexity index is 1100. The Morgan fingerprint density at radius 1 is 1.39 bits per heavy atom. The molecule has 0 saturated heterocycles. The average molecular weight is 377 g/mol. The minimum Gasteiger partial charge on any atom is -0.442 e. The maximum Gasteiger partial charge on any atom is 0.258 e. The van der Waals surface area contributed by atoms with Gasteiger partial charge in [-0.1, -0.05) is 6.92 Å². The van der Waals surface area contributed by atoms with Gasteiger partial charge in [-0.3, -0.25) is 10.2 Å². The monoisotopic (exact) mass is 377 g/mol. The van der Waals surface area contributed by atoms with Gasteiger partial charge in [0, 0.05) is 16.9 Å². The van der Waals surface area contributed by atoms with Gasteiger partial charge in [-0.05, 0) is 42.3 Å². The zero-order valence-electron chi connectivity index (χ0n) is 14.9. The molecule has 0 aliphatic heterocycles. The summed E-state index contributed by atoms with van der Waals surface area (Å²) in [4.78, 5) is 16.5. The number of amides is 1. The van der Waals surface area contributed by atoms with E-state index in [9.17, 15) is 14.4 Å². The zero-order valence-corrected chi connectivity index (χ0v) is 14.9. The van der Waals surface area contributed by atoms with E-state index in [1.54, 1.807) is 13.0 Å². The number of nitrogens with two attached hydrogens (primary N) is 1. The summed E-state index contributed by atoms with van der Waals surface area (Å²) in [5.74, 6) is -1.18. The Balaban J connectivity index is 1.95. The van der Waals surface area contributed by atoms with Crippen molar-refractivity contribution in [1.29, 1.82) is 10.7 Å². The van der Waals surface area contributed by atoms with Gasteiger partial charge in [-0.25, -0.2) is 9.37 Å². The van der Waals surface area contributed by atoms with Gasteiger partial charge in [-0.2, -0.15) is 5.26 Å². The van der Waals surface area contributed by atoms with Crippen molar-refractivity contribution in [2.45, 2.75) is 13.3 Å². The van der Waals surface area contributed by atoms with E-state index in [0.717, 1.165) is 6.07 Å². The number of nitrogen functional groups attached to an aromatic ring is 1. The first kappa shape index (κ1) is 18.8. The number of benzene rings is 2. The molecule has 3 aromatic rings. The zero-order chi connectivity index (χ0) is 20.3. The highest BCUT2D eigenvalue weighted by Crippen LogP contribution is 2.24.